The average molecular weight is 602 g/mol. The molecule has 0 spiro atoms. The molecule has 226 valence electrons. The van der Waals surface area contributed by atoms with E-state index >= 15 is 0 Å². The lowest BCUT2D eigenvalue weighted by Gasteiger charge is -2.25. The Labute approximate surface area is 245 Å². The molecule has 1 aliphatic heterocycles. The van der Waals surface area contributed by atoms with E-state index in [2.05, 4.69) is 23.6 Å². The highest BCUT2D eigenvalue weighted by Gasteiger charge is 2.35. The van der Waals surface area contributed by atoms with Crippen molar-refractivity contribution in [1.29, 1.82) is 0 Å². The number of carbonyl (C=O) groups is 1. The maximum atomic E-state index is 13.9. The van der Waals surface area contributed by atoms with Crippen molar-refractivity contribution >= 4 is 15.9 Å². The molecule has 11 heteroatoms. The van der Waals surface area contributed by atoms with Crippen molar-refractivity contribution in [3.63, 3.8) is 0 Å². The molecule has 1 fully saturated rings. The highest BCUT2D eigenvalue weighted by molar-refractivity contribution is 7.89. The first-order chi connectivity index (χ1) is 20.1. The predicted octanol–water partition coefficient (Wildman–Crippen LogP) is 3.16. The van der Waals surface area contributed by atoms with Crippen LogP contribution in [0.4, 0.5) is 8.78 Å². The summed E-state index contributed by atoms with van der Waals surface area (Å²) in [4.78, 5) is 13.2. The minimum atomic E-state index is -3.95. The van der Waals surface area contributed by atoms with Crippen molar-refractivity contribution in [1.82, 2.24) is 14.9 Å². The molecule has 8 nitrogen and oxygen atoms in total. The van der Waals surface area contributed by atoms with E-state index in [1.807, 2.05) is 18.2 Å². The van der Waals surface area contributed by atoms with Gasteiger partial charge in [-0.2, -0.15) is 4.31 Å². The van der Waals surface area contributed by atoms with Gasteiger partial charge in [0.25, 0.3) is 5.91 Å². The Bertz CT molecular complexity index is 1470. The van der Waals surface area contributed by atoms with E-state index in [-0.39, 0.29) is 42.1 Å². The van der Waals surface area contributed by atoms with Crippen molar-refractivity contribution in [2.45, 2.75) is 62.2 Å². The van der Waals surface area contributed by atoms with Crippen molar-refractivity contribution in [3.8, 4) is 0 Å². The molecule has 0 saturated carbocycles. The highest BCUT2D eigenvalue weighted by atomic mass is 32.2. The standard InChI is InChI=1S/C31H37F2N3O5S/c1-2-21-6-3-7-22(12-21)18-34-19-30(38)29(15-23-13-25(32)17-26(33)14-23)35-31(39)24-8-4-10-28(16-24)42(40,41)36-11-5-9-27(36)20-37/h3-4,6-8,10,12-14,16-17,27,29-30,34,37-38H,2,5,9,11,15,18-20H2,1H3,(H,35,39)/t27-,29-,30+/m0/s1. The summed E-state index contributed by atoms with van der Waals surface area (Å²) in [5, 5.41) is 26.6. The number of nitrogens with zero attached hydrogens (tertiary/aromatic N) is 1. The summed E-state index contributed by atoms with van der Waals surface area (Å²) >= 11 is 0. The molecule has 0 unspecified atom stereocenters. The summed E-state index contributed by atoms with van der Waals surface area (Å²) < 4.78 is 55.6. The minimum absolute atomic E-state index is 0.0442. The number of sulfonamides is 1. The van der Waals surface area contributed by atoms with Gasteiger partial charge >= 0.3 is 0 Å². The topological polar surface area (TPSA) is 119 Å². The van der Waals surface area contributed by atoms with E-state index < -0.39 is 45.8 Å². The quantitative estimate of drug-likeness (QED) is 0.239. The zero-order valence-electron chi connectivity index (χ0n) is 23.5. The maximum absolute atomic E-state index is 13.9. The number of halogens is 2. The van der Waals surface area contributed by atoms with Gasteiger partial charge in [-0.05, 0) is 72.7 Å². The average Bonchev–Trinajstić information content (AvgIpc) is 3.46. The van der Waals surface area contributed by atoms with Crippen molar-refractivity contribution in [3.05, 3.63) is 101 Å². The van der Waals surface area contributed by atoms with Gasteiger partial charge in [0.15, 0.2) is 0 Å². The third kappa shape index (κ3) is 7.99. The van der Waals surface area contributed by atoms with E-state index in [0.717, 1.165) is 30.2 Å². The number of nitrogens with one attached hydrogen (secondary N) is 2. The lowest BCUT2D eigenvalue weighted by Crippen LogP contribution is -2.48. The number of benzene rings is 3. The summed E-state index contributed by atoms with van der Waals surface area (Å²) in [7, 11) is -3.95. The Morgan fingerprint density at radius 3 is 2.45 bits per heavy atom. The molecule has 0 aromatic heterocycles. The molecule has 3 aromatic carbocycles. The molecular weight excluding hydrogens is 564 g/mol. The largest absolute Gasteiger partial charge is 0.395 e. The molecule has 4 rings (SSSR count). The number of aryl methyl sites for hydroxylation is 1. The Hall–Kier alpha value is -3.22. The number of aliphatic hydroxyl groups is 2. The van der Waals surface area contributed by atoms with Crippen LogP contribution in [-0.4, -0.2) is 66.7 Å². The number of rotatable bonds is 13. The van der Waals surface area contributed by atoms with Crippen LogP contribution >= 0.6 is 0 Å². The zero-order chi connectivity index (χ0) is 30.3. The van der Waals surface area contributed by atoms with Crippen LogP contribution in [0.5, 0.6) is 0 Å². The molecule has 4 N–H and O–H groups in total. The van der Waals surface area contributed by atoms with Gasteiger partial charge in [0.05, 0.1) is 23.6 Å². The first kappa shape index (κ1) is 31.7. The third-order valence-electron chi connectivity index (χ3n) is 7.48. The smallest absolute Gasteiger partial charge is 0.251 e. The van der Waals surface area contributed by atoms with Gasteiger partial charge in [0, 0.05) is 37.3 Å². The van der Waals surface area contributed by atoms with Gasteiger partial charge < -0.3 is 20.8 Å². The summed E-state index contributed by atoms with van der Waals surface area (Å²) in [6.07, 6.45) is 0.851. The zero-order valence-corrected chi connectivity index (χ0v) is 24.3. The van der Waals surface area contributed by atoms with E-state index in [4.69, 9.17) is 0 Å². The Morgan fingerprint density at radius 1 is 1.02 bits per heavy atom. The molecule has 0 aliphatic carbocycles. The fraction of sp³-hybridized carbons (Fsp3) is 0.387. The second-order valence-electron chi connectivity index (χ2n) is 10.6. The van der Waals surface area contributed by atoms with Gasteiger partial charge in [-0.1, -0.05) is 37.3 Å². The van der Waals surface area contributed by atoms with E-state index in [9.17, 15) is 32.2 Å². The third-order valence-corrected chi connectivity index (χ3v) is 9.43. The van der Waals surface area contributed by atoms with Crippen molar-refractivity contribution in [2.24, 2.45) is 0 Å². The lowest BCUT2D eigenvalue weighted by atomic mass is 10.00. The Kier molecular flexibility index (Phi) is 10.8. The Morgan fingerprint density at radius 2 is 1.74 bits per heavy atom. The van der Waals surface area contributed by atoms with Crippen LogP contribution < -0.4 is 10.6 Å². The molecule has 1 saturated heterocycles. The second kappa shape index (κ2) is 14.3. The summed E-state index contributed by atoms with van der Waals surface area (Å²) in [6, 6.07) is 15.1. The van der Waals surface area contributed by atoms with Crippen LogP contribution in [-0.2, 0) is 29.4 Å². The van der Waals surface area contributed by atoms with Gasteiger partial charge in [0.1, 0.15) is 11.6 Å². The van der Waals surface area contributed by atoms with Gasteiger partial charge in [-0.15, -0.1) is 0 Å². The summed E-state index contributed by atoms with van der Waals surface area (Å²) in [5.74, 6) is -2.21. The summed E-state index contributed by atoms with van der Waals surface area (Å²) in [5.41, 5.74) is 2.48. The first-order valence-electron chi connectivity index (χ1n) is 14.1. The first-order valence-corrected chi connectivity index (χ1v) is 15.5. The monoisotopic (exact) mass is 601 g/mol. The second-order valence-corrected chi connectivity index (χ2v) is 12.4. The van der Waals surface area contributed by atoms with Crippen LogP contribution in [0, 0.1) is 11.6 Å². The Balaban J connectivity index is 1.51. The van der Waals surface area contributed by atoms with Crippen LogP contribution in [0.2, 0.25) is 0 Å². The van der Waals surface area contributed by atoms with E-state index in [1.54, 1.807) is 0 Å². The number of aliphatic hydroxyl groups excluding tert-OH is 2. The molecule has 3 atom stereocenters. The normalized spacial score (nSPS) is 17.2. The molecule has 3 aromatic rings. The predicted molar refractivity (Wildman–Crippen MR) is 155 cm³/mol. The van der Waals surface area contributed by atoms with Crippen molar-refractivity contribution < 1.29 is 32.2 Å². The molecule has 1 heterocycles. The van der Waals surface area contributed by atoms with Gasteiger partial charge in [-0.3, -0.25) is 4.79 Å². The number of hydrogen-bond donors (Lipinski definition) is 4. The minimum Gasteiger partial charge on any atom is -0.395 e. The maximum Gasteiger partial charge on any atom is 0.251 e. The number of hydrogen-bond acceptors (Lipinski definition) is 6. The molecule has 0 bridgehead atoms. The molecular formula is C31H37F2N3O5S. The molecule has 0 radical (unpaired) electrons. The van der Waals surface area contributed by atoms with Crippen LogP contribution in [0.3, 0.4) is 0 Å². The van der Waals surface area contributed by atoms with Crippen LogP contribution in [0.15, 0.2) is 71.6 Å². The van der Waals surface area contributed by atoms with Crippen LogP contribution in [0.1, 0.15) is 46.8 Å². The SMILES string of the molecule is CCc1cccc(CNC[C@@H](O)[C@H](Cc2cc(F)cc(F)c2)NC(=O)c2cccc(S(=O)(=O)N3CCC[C@H]3CO)c2)c1. The van der Waals surface area contributed by atoms with E-state index in [0.29, 0.717) is 19.4 Å². The lowest BCUT2D eigenvalue weighted by molar-refractivity contribution is 0.0829. The van der Waals surface area contributed by atoms with Gasteiger partial charge in [-0.25, -0.2) is 17.2 Å². The molecule has 1 aliphatic rings. The van der Waals surface area contributed by atoms with Gasteiger partial charge in [0.2, 0.25) is 10.0 Å². The summed E-state index contributed by atoms with van der Waals surface area (Å²) in [6.45, 7) is 2.58. The van der Waals surface area contributed by atoms with Crippen LogP contribution in [0.25, 0.3) is 0 Å². The van der Waals surface area contributed by atoms with Crippen molar-refractivity contribution in [2.75, 3.05) is 19.7 Å². The highest BCUT2D eigenvalue weighted by Crippen LogP contribution is 2.26. The molecule has 1 amide bonds. The van der Waals surface area contributed by atoms with E-state index in [1.165, 1.54) is 34.1 Å². The number of carbonyl (C=O) groups excluding carboxylic acids is 1. The molecule has 42 heavy (non-hydrogen) atoms. The number of amides is 1. The fourth-order valence-corrected chi connectivity index (χ4v) is 6.96. The fourth-order valence-electron chi connectivity index (χ4n) is 5.23.